The van der Waals surface area contributed by atoms with Crippen LogP contribution in [-0.2, 0) is 20.7 Å². The maximum absolute atomic E-state index is 12.5. The maximum Gasteiger partial charge on any atom is 0.409 e. The molecule has 0 aliphatic carbocycles. The van der Waals surface area contributed by atoms with E-state index in [4.69, 9.17) is 9.47 Å². The third-order valence-electron chi connectivity index (χ3n) is 4.42. The Bertz CT molecular complexity index is 698. The van der Waals surface area contributed by atoms with E-state index in [1.807, 2.05) is 6.07 Å². The normalized spacial score (nSPS) is 16.9. The molecule has 2 aliphatic heterocycles. The molecule has 0 aromatic heterocycles. The Morgan fingerprint density at radius 2 is 1.92 bits per heavy atom. The number of fused-ring (bicyclic) bond motifs is 1. The number of hydrogen-bond donors (Lipinski definition) is 1. The number of amides is 3. The predicted molar refractivity (Wildman–Crippen MR) is 94.1 cm³/mol. The van der Waals surface area contributed by atoms with E-state index in [1.165, 1.54) is 0 Å². The highest BCUT2D eigenvalue weighted by atomic mass is 16.6. The summed E-state index contributed by atoms with van der Waals surface area (Å²) in [6, 6.07) is 5.40. The van der Waals surface area contributed by atoms with Crippen LogP contribution in [0.4, 0.5) is 10.5 Å². The Kier molecular flexibility index (Phi) is 5.60. The molecule has 1 fully saturated rings. The lowest BCUT2D eigenvalue weighted by molar-refractivity contribution is -0.132. The van der Waals surface area contributed by atoms with E-state index >= 15 is 0 Å². The fourth-order valence-corrected chi connectivity index (χ4v) is 3.02. The first-order chi connectivity index (χ1) is 12.6. The molecular formula is C18H23N3O5. The maximum atomic E-state index is 12.5. The standard InChI is InChI=1S/C18H23N3O5/c1-2-25-18(24)21-8-6-20(7-9-21)17(23)12-13-3-4-15-14(11-13)19-16(22)5-10-26-15/h3-4,11H,2,5-10,12H2,1H3,(H,19,22). The van der Waals surface area contributed by atoms with Gasteiger partial charge in [0.1, 0.15) is 5.75 Å². The lowest BCUT2D eigenvalue weighted by atomic mass is 10.1. The van der Waals surface area contributed by atoms with Crippen LogP contribution in [0.5, 0.6) is 5.75 Å². The molecule has 26 heavy (non-hydrogen) atoms. The van der Waals surface area contributed by atoms with Gasteiger partial charge in [-0.05, 0) is 24.6 Å². The number of anilines is 1. The average molecular weight is 361 g/mol. The second-order valence-corrected chi connectivity index (χ2v) is 6.22. The zero-order chi connectivity index (χ0) is 18.5. The molecule has 0 bridgehead atoms. The van der Waals surface area contributed by atoms with Gasteiger partial charge in [0.25, 0.3) is 0 Å². The van der Waals surface area contributed by atoms with Crippen molar-refractivity contribution >= 4 is 23.6 Å². The van der Waals surface area contributed by atoms with Crippen LogP contribution in [0.25, 0.3) is 0 Å². The van der Waals surface area contributed by atoms with Crippen LogP contribution in [-0.4, -0.2) is 67.1 Å². The van der Waals surface area contributed by atoms with Crippen LogP contribution < -0.4 is 10.1 Å². The minimum atomic E-state index is -0.332. The van der Waals surface area contributed by atoms with E-state index in [2.05, 4.69) is 5.32 Å². The second kappa shape index (κ2) is 8.07. The molecule has 2 heterocycles. The third-order valence-corrected chi connectivity index (χ3v) is 4.42. The molecule has 1 saturated heterocycles. The highest BCUT2D eigenvalue weighted by Gasteiger charge is 2.25. The fourth-order valence-electron chi connectivity index (χ4n) is 3.02. The molecule has 3 amide bonds. The third kappa shape index (κ3) is 4.25. The highest BCUT2D eigenvalue weighted by Crippen LogP contribution is 2.28. The van der Waals surface area contributed by atoms with Gasteiger partial charge in [-0.25, -0.2) is 4.79 Å². The summed E-state index contributed by atoms with van der Waals surface area (Å²) in [6.07, 6.45) is 0.220. The van der Waals surface area contributed by atoms with Crippen molar-refractivity contribution in [1.29, 1.82) is 0 Å². The molecular weight excluding hydrogens is 338 g/mol. The number of carbonyl (C=O) groups is 3. The van der Waals surface area contributed by atoms with E-state index in [-0.39, 0.29) is 24.3 Å². The number of benzene rings is 1. The minimum absolute atomic E-state index is 0.00525. The largest absolute Gasteiger partial charge is 0.491 e. The number of rotatable bonds is 3. The number of ether oxygens (including phenoxy) is 2. The quantitative estimate of drug-likeness (QED) is 0.875. The molecule has 8 heteroatoms. The first kappa shape index (κ1) is 18.0. The number of hydrogen-bond acceptors (Lipinski definition) is 5. The zero-order valence-corrected chi connectivity index (χ0v) is 14.8. The van der Waals surface area contributed by atoms with Gasteiger partial charge in [0.2, 0.25) is 11.8 Å². The molecule has 2 aliphatic rings. The van der Waals surface area contributed by atoms with Crippen LogP contribution in [0.3, 0.4) is 0 Å². The predicted octanol–water partition coefficient (Wildman–Crippen LogP) is 1.25. The van der Waals surface area contributed by atoms with Crippen LogP contribution in [0.1, 0.15) is 18.9 Å². The molecule has 1 aromatic rings. The molecule has 140 valence electrons. The van der Waals surface area contributed by atoms with E-state index in [0.29, 0.717) is 57.3 Å². The number of piperazine rings is 1. The van der Waals surface area contributed by atoms with Crippen molar-refractivity contribution in [2.75, 3.05) is 44.7 Å². The second-order valence-electron chi connectivity index (χ2n) is 6.22. The SMILES string of the molecule is CCOC(=O)N1CCN(C(=O)Cc2ccc3c(c2)NC(=O)CCO3)CC1. The summed E-state index contributed by atoms with van der Waals surface area (Å²) in [7, 11) is 0. The van der Waals surface area contributed by atoms with Crippen molar-refractivity contribution in [1.82, 2.24) is 9.80 Å². The summed E-state index contributed by atoms with van der Waals surface area (Å²) in [5, 5.41) is 2.80. The van der Waals surface area contributed by atoms with Gasteiger partial charge in [0.05, 0.1) is 31.7 Å². The highest BCUT2D eigenvalue weighted by molar-refractivity contribution is 5.93. The first-order valence-corrected chi connectivity index (χ1v) is 8.82. The summed E-state index contributed by atoms with van der Waals surface area (Å²) in [5.41, 5.74) is 1.41. The Morgan fingerprint density at radius 3 is 2.65 bits per heavy atom. The lowest BCUT2D eigenvalue weighted by Crippen LogP contribution is -2.51. The summed E-state index contributed by atoms with van der Waals surface area (Å²) in [5.74, 6) is 0.520. The summed E-state index contributed by atoms with van der Waals surface area (Å²) < 4.78 is 10.5. The van der Waals surface area contributed by atoms with Crippen molar-refractivity contribution < 1.29 is 23.9 Å². The topological polar surface area (TPSA) is 88.2 Å². The molecule has 0 saturated carbocycles. The zero-order valence-electron chi connectivity index (χ0n) is 14.8. The molecule has 0 atom stereocenters. The van der Waals surface area contributed by atoms with Gasteiger partial charge < -0.3 is 24.6 Å². The van der Waals surface area contributed by atoms with Crippen molar-refractivity contribution in [3.8, 4) is 5.75 Å². The van der Waals surface area contributed by atoms with Gasteiger partial charge in [-0.1, -0.05) is 6.07 Å². The van der Waals surface area contributed by atoms with Crippen LogP contribution >= 0.6 is 0 Å². The molecule has 3 rings (SSSR count). The van der Waals surface area contributed by atoms with Gasteiger partial charge in [0, 0.05) is 26.2 Å². The average Bonchev–Trinajstić information content (AvgIpc) is 2.82. The smallest absolute Gasteiger partial charge is 0.409 e. The first-order valence-electron chi connectivity index (χ1n) is 8.82. The van der Waals surface area contributed by atoms with Crippen LogP contribution in [0.15, 0.2) is 18.2 Å². The van der Waals surface area contributed by atoms with Gasteiger partial charge in [-0.15, -0.1) is 0 Å². The molecule has 0 radical (unpaired) electrons. The van der Waals surface area contributed by atoms with Gasteiger partial charge >= 0.3 is 6.09 Å². The van der Waals surface area contributed by atoms with Crippen LogP contribution in [0.2, 0.25) is 0 Å². The molecule has 0 spiro atoms. The van der Waals surface area contributed by atoms with Crippen molar-refractivity contribution in [2.45, 2.75) is 19.8 Å². The number of nitrogens with zero attached hydrogens (tertiary/aromatic N) is 2. The monoisotopic (exact) mass is 361 g/mol. The summed E-state index contributed by atoms with van der Waals surface area (Å²) in [6.45, 7) is 4.38. The summed E-state index contributed by atoms with van der Waals surface area (Å²) >= 11 is 0. The molecule has 1 N–H and O–H groups in total. The van der Waals surface area contributed by atoms with Gasteiger partial charge in [0.15, 0.2) is 0 Å². The molecule has 0 unspecified atom stereocenters. The van der Waals surface area contributed by atoms with Crippen molar-refractivity contribution in [2.24, 2.45) is 0 Å². The number of nitrogens with one attached hydrogen (secondary N) is 1. The Hall–Kier alpha value is -2.77. The van der Waals surface area contributed by atoms with E-state index < -0.39 is 0 Å². The Balaban J connectivity index is 1.57. The van der Waals surface area contributed by atoms with Crippen molar-refractivity contribution in [3.05, 3.63) is 23.8 Å². The minimum Gasteiger partial charge on any atom is -0.491 e. The fraction of sp³-hybridized carbons (Fsp3) is 0.500. The lowest BCUT2D eigenvalue weighted by Gasteiger charge is -2.34. The van der Waals surface area contributed by atoms with E-state index in [1.54, 1.807) is 28.9 Å². The van der Waals surface area contributed by atoms with E-state index in [0.717, 1.165) is 5.56 Å². The van der Waals surface area contributed by atoms with E-state index in [9.17, 15) is 14.4 Å². The van der Waals surface area contributed by atoms with Crippen molar-refractivity contribution in [3.63, 3.8) is 0 Å². The Labute approximate surface area is 152 Å². The van der Waals surface area contributed by atoms with Crippen LogP contribution in [0, 0.1) is 0 Å². The molecule has 8 nitrogen and oxygen atoms in total. The van der Waals surface area contributed by atoms with Gasteiger partial charge in [-0.2, -0.15) is 0 Å². The Morgan fingerprint density at radius 1 is 1.19 bits per heavy atom. The summed E-state index contributed by atoms with van der Waals surface area (Å²) in [4.78, 5) is 39.3. The van der Waals surface area contributed by atoms with Gasteiger partial charge in [-0.3, -0.25) is 9.59 Å². The number of carbonyl (C=O) groups excluding carboxylic acids is 3. The molecule has 1 aromatic carbocycles.